The molecule has 110 valence electrons. The molecule has 2 aromatic carbocycles. The van der Waals surface area contributed by atoms with E-state index in [0.717, 1.165) is 25.1 Å². The zero-order valence-corrected chi connectivity index (χ0v) is 12.3. The summed E-state index contributed by atoms with van der Waals surface area (Å²) in [5.74, 6) is 0. The number of piperidine rings is 1. The van der Waals surface area contributed by atoms with Crippen molar-refractivity contribution < 1.29 is 4.39 Å². The molecule has 0 radical (unpaired) electrons. The van der Waals surface area contributed by atoms with Crippen LogP contribution < -0.4 is 0 Å². The third-order valence-corrected chi connectivity index (χ3v) is 4.22. The van der Waals surface area contributed by atoms with Gasteiger partial charge >= 0.3 is 0 Å². The number of alkyl halides is 1. The second-order valence-electron chi connectivity index (χ2n) is 6.11. The fraction of sp³-hybridized carbons (Fsp3) is 0.368. The summed E-state index contributed by atoms with van der Waals surface area (Å²) >= 11 is 0. The molecule has 1 heterocycles. The van der Waals surface area contributed by atoms with Crippen LogP contribution in [0.5, 0.6) is 0 Å². The van der Waals surface area contributed by atoms with Crippen molar-refractivity contribution in [3.63, 3.8) is 0 Å². The standard InChI is InChI=1S/C19H22FN/c20-19(14-17-8-3-1-4-9-17)12-7-13-21(16-19)15-18-10-5-2-6-11-18/h1-6,8-11H,7,12-16H2/t19-/m1/s1. The molecule has 3 rings (SSSR count). The van der Waals surface area contributed by atoms with Gasteiger partial charge in [0, 0.05) is 19.5 Å². The topological polar surface area (TPSA) is 3.24 Å². The van der Waals surface area contributed by atoms with Crippen molar-refractivity contribution in [2.75, 3.05) is 13.1 Å². The van der Waals surface area contributed by atoms with E-state index < -0.39 is 5.67 Å². The zero-order chi connectivity index (χ0) is 14.5. The van der Waals surface area contributed by atoms with Crippen molar-refractivity contribution in [1.82, 2.24) is 4.90 Å². The fourth-order valence-corrected chi connectivity index (χ4v) is 3.26. The van der Waals surface area contributed by atoms with E-state index in [0.29, 0.717) is 19.4 Å². The summed E-state index contributed by atoms with van der Waals surface area (Å²) in [6, 6.07) is 20.4. The molecule has 21 heavy (non-hydrogen) atoms. The third kappa shape index (κ3) is 3.92. The summed E-state index contributed by atoms with van der Waals surface area (Å²) in [6.07, 6.45) is 2.14. The Morgan fingerprint density at radius 2 is 1.52 bits per heavy atom. The predicted octanol–water partition coefficient (Wildman–Crippen LogP) is 4.23. The van der Waals surface area contributed by atoms with E-state index in [2.05, 4.69) is 17.0 Å². The van der Waals surface area contributed by atoms with Crippen molar-refractivity contribution in [1.29, 1.82) is 0 Å². The van der Waals surface area contributed by atoms with Gasteiger partial charge in [0.15, 0.2) is 0 Å². The number of nitrogens with zero attached hydrogens (tertiary/aromatic N) is 1. The molecule has 1 saturated heterocycles. The minimum Gasteiger partial charge on any atom is -0.296 e. The fourth-order valence-electron chi connectivity index (χ4n) is 3.26. The van der Waals surface area contributed by atoms with Gasteiger partial charge in [-0.15, -0.1) is 0 Å². The summed E-state index contributed by atoms with van der Waals surface area (Å²) in [6.45, 7) is 2.38. The van der Waals surface area contributed by atoms with Crippen LogP contribution in [0.4, 0.5) is 4.39 Å². The monoisotopic (exact) mass is 283 g/mol. The van der Waals surface area contributed by atoms with Crippen LogP contribution in [0.1, 0.15) is 24.0 Å². The Balaban J connectivity index is 1.64. The Kier molecular flexibility index (Phi) is 4.35. The average Bonchev–Trinajstić information content (AvgIpc) is 2.49. The normalized spacial score (nSPS) is 23.1. The highest BCUT2D eigenvalue weighted by molar-refractivity contribution is 5.18. The maximum absolute atomic E-state index is 15.2. The Morgan fingerprint density at radius 1 is 0.905 bits per heavy atom. The summed E-state index contributed by atoms with van der Waals surface area (Å²) < 4.78 is 15.2. The second-order valence-corrected chi connectivity index (χ2v) is 6.11. The maximum atomic E-state index is 15.2. The molecule has 0 amide bonds. The Hall–Kier alpha value is -1.67. The summed E-state index contributed by atoms with van der Waals surface area (Å²) in [4.78, 5) is 2.25. The molecular weight excluding hydrogens is 261 g/mol. The van der Waals surface area contributed by atoms with E-state index in [9.17, 15) is 0 Å². The van der Waals surface area contributed by atoms with Crippen molar-refractivity contribution >= 4 is 0 Å². The first-order chi connectivity index (χ1) is 10.2. The van der Waals surface area contributed by atoms with Crippen molar-refractivity contribution in [2.45, 2.75) is 31.5 Å². The zero-order valence-electron chi connectivity index (χ0n) is 12.3. The van der Waals surface area contributed by atoms with Gasteiger partial charge in [0.2, 0.25) is 0 Å². The van der Waals surface area contributed by atoms with Gasteiger partial charge in [-0.2, -0.15) is 0 Å². The first-order valence-electron chi connectivity index (χ1n) is 7.73. The second kappa shape index (κ2) is 6.40. The first-order valence-corrected chi connectivity index (χ1v) is 7.73. The van der Waals surface area contributed by atoms with Gasteiger partial charge < -0.3 is 0 Å². The van der Waals surface area contributed by atoms with Crippen LogP contribution >= 0.6 is 0 Å². The van der Waals surface area contributed by atoms with Gasteiger partial charge in [0.1, 0.15) is 5.67 Å². The van der Waals surface area contributed by atoms with Gasteiger partial charge in [-0.05, 0) is 30.5 Å². The molecule has 0 spiro atoms. The minimum atomic E-state index is -1.09. The van der Waals surface area contributed by atoms with E-state index in [-0.39, 0.29) is 0 Å². The Bertz CT molecular complexity index is 554. The highest BCUT2D eigenvalue weighted by atomic mass is 19.1. The van der Waals surface area contributed by atoms with Crippen molar-refractivity contribution in [2.24, 2.45) is 0 Å². The lowest BCUT2D eigenvalue weighted by molar-refractivity contribution is 0.0414. The summed E-state index contributed by atoms with van der Waals surface area (Å²) in [7, 11) is 0. The van der Waals surface area contributed by atoms with Crippen molar-refractivity contribution in [3.8, 4) is 0 Å². The molecule has 1 nitrogen and oxygen atoms in total. The Labute approximate surface area is 126 Å². The molecular formula is C19H22FN. The van der Waals surface area contributed by atoms with E-state index in [1.807, 2.05) is 48.5 Å². The van der Waals surface area contributed by atoms with Gasteiger partial charge in [-0.1, -0.05) is 60.7 Å². The average molecular weight is 283 g/mol. The molecule has 2 aromatic rings. The van der Waals surface area contributed by atoms with Crippen LogP contribution in [0.2, 0.25) is 0 Å². The molecule has 2 heteroatoms. The number of hydrogen-bond acceptors (Lipinski definition) is 1. The molecule has 0 unspecified atom stereocenters. The molecule has 0 aliphatic carbocycles. The smallest absolute Gasteiger partial charge is 0.127 e. The number of halogens is 1. The quantitative estimate of drug-likeness (QED) is 0.811. The van der Waals surface area contributed by atoms with E-state index in [4.69, 9.17) is 0 Å². The summed E-state index contributed by atoms with van der Waals surface area (Å²) in [5.41, 5.74) is 1.28. The van der Waals surface area contributed by atoms with Crippen LogP contribution in [-0.2, 0) is 13.0 Å². The van der Waals surface area contributed by atoms with Crippen LogP contribution in [0, 0.1) is 0 Å². The number of benzene rings is 2. The molecule has 0 N–H and O–H groups in total. The predicted molar refractivity (Wildman–Crippen MR) is 84.9 cm³/mol. The minimum absolute atomic E-state index is 0.527. The van der Waals surface area contributed by atoms with Gasteiger partial charge in [0.25, 0.3) is 0 Å². The SMILES string of the molecule is F[C@@]1(Cc2ccccc2)CCCN(Cc2ccccc2)C1. The van der Waals surface area contributed by atoms with Gasteiger partial charge in [-0.25, -0.2) is 4.39 Å². The molecule has 1 aliphatic rings. The lowest BCUT2D eigenvalue weighted by Gasteiger charge is -2.37. The highest BCUT2D eigenvalue weighted by Crippen LogP contribution is 2.30. The van der Waals surface area contributed by atoms with E-state index >= 15 is 4.39 Å². The van der Waals surface area contributed by atoms with Crippen LogP contribution in [0.15, 0.2) is 60.7 Å². The molecule has 0 saturated carbocycles. The number of rotatable bonds is 4. The molecule has 0 aromatic heterocycles. The van der Waals surface area contributed by atoms with Crippen LogP contribution in [-0.4, -0.2) is 23.7 Å². The largest absolute Gasteiger partial charge is 0.296 e. The summed E-state index contributed by atoms with van der Waals surface area (Å²) in [5, 5.41) is 0. The third-order valence-electron chi connectivity index (χ3n) is 4.22. The molecule has 1 fully saturated rings. The molecule has 1 atom stereocenters. The number of hydrogen-bond donors (Lipinski definition) is 0. The molecule has 0 bridgehead atoms. The first kappa shape index (κ1) is 14.3. The van der Waals surface area contributed by atoms with E-state index in [1.165, 1.54) is 5.56 Å². The van der Waals surface area contributed by atoms with Crippen molar-refractivity contribution in [3.05, 3.63) is 71.8 Å². The van der Waals surface area contributed by atoms with Gasteiger partial charge in [0.05, 0.1) is 0 Å². The maximum Gasteiger partial charge on any atom is 0.127 e. The lowest BCUT2D eigenvalue weighted by atomic mass is 9.88. The van der Waals surface area contributed by atoms with Crippen LogP contribution in [0.25, 0.3) is 0 Å². The van der Waals surface area contributed by atoms with E-state index in [1.54, 1.807) is 0 Å². The van der Waals surface area contributed by atoms with Gasteiger partial charge in [-0.3, -0.25) is 4.90 Å². The lowest BCUT2D eigenvalue weighted by Crippen LogP contribution is -2.46. The highest BCUT2D eigenvalue weighted by Gasteiger charge is 2.35. The number of likely N-dealkylation sites (tertiary alicyclic amines) is 1. The van der Waals surface area contributed by atoms with Crippen LogP contribution in [0.3, 0.4) is 0 Å². The Morgan fingerprint density at radius 3 is 2.19 bits per heavy atom. The molecule has 1 aliphatic heterocycles.